The van der Waals surface area contributed by atoms with E-state index in [1.54, 1.807) is 23.7 Å². The highest BCUT2D eigenvalue weighted by atomic mass is 79.9. The third kappa shape index (κ3) is 3.27. The zero-order chi connectivity index (χ0) is 13.0. The van der Waals surface area contributed by atoms with E-state index in [9.17, 15) is 4.79 Å². The van der Waals surface area contributed by atoms with Gasteiger partial charge in [0, 0.05) is 32.7 Å². The number of hydrogen-bond acceptors (Lipinski definition) is 6. The first-order valence-electron chi connectivity index (χ1n) is 5.06. The van der Waals surface area contributed by atoms with Gasteiger partial charge in [-0.05, 0) is 22.0 Å². The molecule has 18 heavy (non-hydrogen) atoms. The second-order valence-corrected chi connectivity index (χ2v) is 5.18. The summed E-state index contributed by atoms with van der Waals surface area (Å²) in [6.45, 7) is 0.0559. The number of halogens is 1. The van der Waals surface area contributed by atoms with Gasteiger partial charge < -0.3 is 10.1 Å². The monoisotopic (exact) mass is 327 g/mol. The molecule has 1 N–H and O–H groups in total. The molecule has 0 saturated carbocycles. The van der Waals surface area contributed by atoms with Crippen LogP contribution in [0.4, 0.5) is 5.95 Å². The number of hydrogen-bond donors (Lipinski definition) is 1. The standard InChI is InChI=1S/C11H10BrN3O2S/c1-17-10(16)5-15-11-13-3-7(4-14-11)9-2-8(12)6-18-9/h2-4,6H,5H2,1H3,(H,13,14,15). The van der Waals surface area contributed by atoms with E-state index in [0.29, 0.717) is 5.95 Å². The largest absolute Gasteiger partial charge is 0.468 e. The van der Waals surface area contributed by atoms with Crippen LogP contribution in [0.3, 0.4) is 0 Å². The Kier molecular flexibility index (Phi) is 4.27. The van der Waals surface area contributed by atoms with E-state index in [1.165, 1.54) is 7.11 Å². The maximum absolute atomic E-state index is 10.9. The van der Waals surface area contributed by atoms with E-state index < -0.39 is 0 Å². The lowest BCUT2D eigenvalue weighted by atomic mass is 10.3. The zero-order valence-corrected chi connectivity index (χ0v) is 11.9. The van der Waals surface area contributed by atoms with Gasteiger partial charge in [0.25, 0.3) is 0 Å². The maximum atomic E-state index is 10.9. The van der Waals surface area contributed by atoms with Crippen molar-refractivity contribution in [3.8, 4) is 10.4 Å². The van der Waals surface area contributed by atoms with Gasteiger partial charge in [-0.3, -0.25) is 4.79 Å². The number of methoxy groups -OCH3 is 1. The van der Waals surface area contributed by atoms with Gasteiger partial charge in [-0.15, -0.1) is 11.3 Å². The Labute approximate surface area is 116 Å². The fourth-order valence-corrected chi connectivity index (χ4v) is 2.64. The lowest BCUT2D eigenvalue weighted by molar-refractivity contribution is -0.138. The normalized spacial score (nSPS) is 10.1. The van der Waals surface area contributed by atoms with Crippen LogP contribution in [-0.2, 0) is 9.53 Å². The van der Waals surface area contributed by atoms with E-state index in [4.69, 9.17) is 0 Å². The molecule has 0 amide bonds. The van der Waals surface area contributed by atoms with Crippen molar-refractivity contribution in [2.75, 3.05) is 19.0 Å². The van der Waals surface area contributed by atoms with E-state index in [1.807, 2.05) is 11.4 Å². The highest BCUT2D eigenvalue weighted by molar-refractivity contribution is 9.10. The molecule has 7 heteroatoms. The molecule has 0 fully saturated rings. The van der Waals surface area contributed by atoms with Crippen molar-refractivity contribution >= 4 is 39.2 Å². The Balaban J connectivity index is 2.03. The summed E-state index contributed by atoms with van der Waals surface area (Å²) in [4.78, 5) is 20.3. The number of carbonyl (C=O) groups excluding carboxylic acids is 1. The number of aromatic nitrogens is 2. The summed E-state index contributed by atoms with van der Waals surface area (Å²) in [6.07, 6.45) is 3.43. The average molecular weight is 328 g/mol. The van der Waals surface area contributed by atoms with Crippen LogP contribution in [0.2, 0.25) is 0 Å². The molecular formula is C11H10BrN3O2S. The van der Waals surface area contributed by atoms with Crippen LogP contribution >= 0.6 is 27.3 Å². The van der Waals surface area contributed by atoms with E-state index >= 15 is 0 Å². The molecule has 0 bridgehead atoms. The second kappa shape index (κ2) is 5.92. The Hall–Kier alpha value is -1.47. The number of carbonyl (C=O) groups is 1. The first-order chi connectivity index (χ1) is 8.69. The number of rotatable bonds is 4. The van der Waals surface area contributed by atoms with Crippen molar-refractivity contribution in [2.24, 2.45) is 0 Å². The van der Waals surface area contributed by atoms with Crippen molar-refractivity contribution in [2.45, 2.75) is 0 Å². The molecule has 2 aromatic rings. The summed E-state index contributed by atoms with van der Waals surface area (Å²) < 4.78 is 5.54. The van der Waals surface area contributed by atoms with Gasteiger partial charge in [0.15, 0.2) is 0 Å². The fourth-order valence-electron chi connectivity index (χ4n) is 1.23. The van der Waals surface area contributed by atoms with Crippen LogP contribution in [0.25, 0.3) is 10.4 Å². The van der Waals surface area contributed by atoms with E-state index in [2.05, 4.69) is 36.0 Å². The summed E-state index contributed by atoms with van der Waals surface area (Å²) in [5.41, 5.74) is 0.939. The molecule has 0 radical (unpaired) electrons. The minimum Gasteiger partial charge on any atom is -0.468 e. The first-order valence-corrected chi connectivity index (χ1v) is 6.73. The van der Waals surface area contributed by atoms with Crippen molar-refractivity contribution in [3.05, 3.63) is 28.3 Å². The summed E-state index contributed by atoms with van der Waals surface area (Å²) in [7, 11) is 1.34. The molecule has 0 spiro atoms. The molecule has 0 saturated heterocycles. The minimum absolute atomic E-state index is 0.0559. The van der Waals surface area contributed by atoms with Crippen LogP contribution in [0.5, 0.6) is 0 Å². The summed E-state index contributed by atoms with van der Waals surface area (Å²) in [6, 6.07) is 2.00. The Bertz CT molecular complexity index is 541. The second-order valence-electron chi connectivity index (χ2n) is 3.35. The number of nitrogens with zero attached hydrogens (tertiary/aromatic N) is 2. The molecule has 94 valence electrons. The first kappa shape index (κ1) is 13.0. The number of anilines is 1. The predicted molar refractivity (Wildman–Crippen MR) is 73.6 cm³/mol. The zero-order valence-electron chi connectivity index (χ0n) is 9.51. The van der Waals surface area contributed by atoms with Gasteiger partial charge >= 0.3 is 5.97 Å². The van der Waals surface area contributed by atoms with E-state index in [0.717, 1.165) is 14.9 Å². The van der Waals surface area contributed by atoms with Gasteiger partial charge in [0.2, 0.25) is 5.95 Å². The molecule has 0 aliphatic rings. The molecule has 0 aromatic carbocycles. The summed E-state index contributed by atoms with van der Waals surface area (Å²) >= 11 is 5.01. The molecule has 0 aliphatic carbocycles. The molecule has 5 nitrogen and oxygen atoms in total. The van der Waals surface area contributed by atoms with Crippen molar-refractivity contribution in [3.63, 3.8) is 0 Å². The number of ether oxygens (including phenoxy) is 1. The molecule has 0 atom stereocenters. The van der Waals surface area contributed by atoms with Crippen LogP contribution < -0.4 is 5.32 Å². The fraction of sp³-hybridized carbons (Fsp3) is 0.182. The lowest BCUT2D eigenvalue weighted by Crippen LogP contribution is -2.16. The van der Waals surface area contributed by atoms with Gasteiger partial charge in [0.1, 0.15) is 6.54 Å². The summed E-state index contributed by atoms with van der Waals surface area (Å²) in [5, 5.41) is 4.78. The van der Waals surface area contributed by atoms with Crippen LogP contribution in [0, 0.1) is 0 Å². The Morgan fingerprint density at radius 1 is 1.50 bits per heavy atom. The number of esters is 1. The molecule has 0 aliphatic heterocycles. The van der Waals surface area contributed by atoms with Gasteiger partial charge in [-0.25, -0.2) is 9.97 Å². The van der Waals surface area contributed by atoms with Gasteiger partial charge in [-0.2, -0.15) is 0 Å². The average Bonchev–Trinajstić information content (AvgIpc) is 2.83. The van der Waals surface area contributed by atoms with Gasteiger partial charge in [0.05, 0.1) is 7.11 Å². The number of nitrogens with one attached hydrogen (secondary N) is 1. The minimum atomic E-state index is -0.357. The molecule has 0 unspecified atom stereocenters. The van der Waals surface area contributed by atoms with Crippen LogP contribution in [0.15, 0.2) is 28.3 Å². The van der Waals surface area contributed by atoms with Crippen molar-refractivity contribution < 1.29 is 9.53 Å². The Morgan fingerprint density at radius 3 is 2.78 bits per heavy atom. The van der Waals surface area contributed by atoms with Crippen LogP contribution in [-0.4, -0.2) is 29.6 Å². The number of thiophene rings is 1. The highest BCUT2D eigenvalue weighted by Crippen LogP contribution is 2.28. The van der Waals surface area contributed by atoms with Gasteiger partial charge in [-0.1, -0.05) is 0 Å². The van der Waals surface area contributed by atoms with Crippen molar-refractivity contribution in [1.29, 1.82) is 0 Å². The third-order valence-electron chi connectivity index (χ3n) is 2.12. The van der Waals surface area contributed by atoms with Crippen molar-refractivity contribution in [1.82, 2.24) is 9.97 Å². The maximum Gasteiger partial charge on any atom is 0.325 e. The Morgan fingerprint density at radius 2 is 2.22 bits per heavy atom. The van der Waals surface area contributed by atoms with Crippen LogP contribution in [0.1, 0.15) is 0 Å². The highest BCUT2D eigenvalue weighted by Gasteiger charge is 2.04. The topological polar surface area (TPSA) is 64.1 Å². The molecule has 2 rings (SSSR count). The molecular weight excluding hydrogens is 318 g/mol. The SMILES string of the molecule is COC(=O)CNc1ncc(-c2cc(Br)cs2)cn1. The third-order valence-corrected chi connectivity index (χ3v) is 3.86. The predicted octanol–water partition coefficient (Wildman–Crippen LogP) is 2.55. The molecule has 2 aromatic heterocycles. The van der Waals surface area contributed by atoms with E-state index in [-0.39, 0.29) is 12.5 Å². The smallest absolute Gasteiger partial charge is 0.325 e. The molecule has 2 heterocycles. The lowest BCUT2D eigenvalue weighted by Gasteiger charge is -2.03. The summed E-state index contributed by atoms with van der Waals surface area (Å²) in [5.74, 6) is 0.0460. The quantitative estimate of drug-likeness (QED) is 0.874.